The lowest BCUT2D eigenvalue weighted by molar-refractivity contribution is 0.0842. The van der Waals surface area contributed by atoms with Crippen LogP contribution in [0.15, 0.2) is 24.3 Å². The van der Waals surface area contributed by atoms with Gasteiger partial charge >= 0.3 is 0 Å². The summed E-state index contributed by atoms with van der Waals surface area (Å²) >= 11 is 0. The predicted octanol–water partition coefficient (Wildman–Crippen LogP) is 3.17. The maximum atomic E-state index is 13.8. The van der Waals surface area contributed by atoms with Crippen molar-refractivity contribution < 1.29 is 9.50 Å². The van der Waals surface area contributed by atoms with E-state index in [1.807, 2.05) is 19.1 Å². The molecule has 100 valence electrons. The summed E-state index contributed by atoms with van der Waals surface area (Å²) in [5.74, 6) is -0.165. The summed E-state index contributed by atoms with van der Waals surface area (Å²) in [5.41, 5.74) is 0.706. The molecular formula is C15H22FNO. The maximum absolute atomic E-state index is 13.8. The Morgan fingerprint density at radius 1 is 1.33 bits per heavy atom. The summed E-state index contributed by atoms with van der Waals surface area (Å²) in [6.07, 6.45) is 4.60. The topological polar surface area (TPSA) is 32.3 Å². The molecule has 0 saturated heterocycles. The second-order valence-electron chi connectivity index (χ2n) is 5.11. The Morgan fingerprint density at radius 2 is 2.06 bits per heavy atom. The van der Waals surface area contributed by atoms with Gasteiger partial charge in [0.05, 0.1) is 6.10 Å². The first-order chi connectivity index (χ1) is 8.72. The minimum atomic E-state index is -0.292. The molecule has 0 bridgehead atoms. The van der Waals surface area contributed by atoms with Crippen molar-refractivity contribution in [1.82, 2.24) is 5.32 Å². The normalized spacial score (nSPS) is 25.9. The van der Waals surface area contributed by atoms with Gasteiger partial charge in [0, 0.05) is 17.6 Å². The van der Waals surface area contributed by atoms with E-state index >= 15 is 0 Å². The number of aliphatic hydroxyl groups is 1. The number of hydrogen-bond donors (Lipinski definition) is 2. The molecule has 0 radical (unpaired) electrons. The highest BCUT2D eigenvalue weighted by atomic mass is 19.1. The smallest absolute Gasteiger partial charge is 0.127 e. The molecule has 0 aliphatic heterocycles. The van der Waals surface area contributed by atoms with Crippen molar-refractivity contribution in [2.24, 2.45) is 0 Å². The number of nitrogens with one attached hydrogen (secondary N) is 1. The van der Waals surface area contributed by atoms with E-state index in [2.05, 4.69) is 5.32 Å². The molecular weight excluding hydrogens is 229 g/mol. The average molecular weight is 251 g/mol. The highest BCUT2D eigenvalue weighted by Crippen LogP contribution is 2.25. The molecule has 1 saturated carbocycles. The molecule has 2 nitrogen and oxygen atoms in total. The Bertz CT molecular complexity index is 383. The van der Waals surface area contributed by atoms with Gasteiger partial charge in [-0.2, -0.15) is 0 Å². The molecule has 1 aliphatic carbocycles. The third-order valence-electron chi connectivity index (χ3n) is 3.83. The molecule has 2 rings (SSSR count). The number of rotatable bonds is 4. The fraction of sp³-hybridized carbons (Fsp3) is 0.600. The van der Waals surface area contributed by atoms with E-state index in [0.717, 1.165) is 32.1 Å². The predicted molar refractivity (Wildman–Crippen MR) is 70.8 cm³/mol. The molecule has 0 spiro atoms. The Balaban J connectivity index is 2.07. The third-order valence-corrected chi connectivity index (χ3v) is 3.83. The van der Waals surface area contributed by atoms with Gasteiger partial charge in [-0.1, -0.05) is 38.0 Å². The molecule has 0 heterocycles. The van der Waals surface area contributed by atoms with Crippen LogP contribution in [0.4, 0.5) is 4.39 Å². The van der Waals surface area contributed by atoms with Crippen LogP contribution in [0.5, 0.6) is 0 Å². The van der Waals surface area contributed by atoms with Crippen molar-refractivity contribution in [3.8, 4) is 0 Å². The second-order valence-corrected chi connectivity index (χ2v) is 5.11. The van der Waals surface area contributed by atoms with E-state index in [9.17, 15) is 9.50 Å². The quantitative estimate of drug-likeness (QED) is 0.861. The summed E-state index contributed by atoms with van der Waals surface area (Å²) in [7, 11) is 0. The van der Waals surface area contributed by atoms with Crippen LogP contribution in [0.25, 0.3) is 0 Å². The summed E-state index contributed by atoms with van der Waals surface area (Å²) in [6, 6.07) is 6.98. The summed E-state index contributed by atoms with van der Waals surface area (Å²) < 4.78 is 13.8. The van der Waals surface area contributed by atoms with Gasteiger partial charge < -0.3 is 10.4 Å². The van der Waals surface area contributed by atoms with Crippen LogP contribution in [0, 0.1) is 5.82 Å². The van der Waals surface area contributed by atoms with Crippen molar-refractivity contribution >= 4 is 0 Å². The van der Waals surface area contributed by atoms with Crippen LogP contribution in [0.3, 0.4) is 0 Å². The first-order valence-corrected chi connectivity index (χ1v) is 6.91. The van der Waals surface area contributed by atoms with E-state index in [1.165, 1.54) is 6.07 Å². The van der Waals surface area contributed by atoms with E-state index < -0.39 is 0 Å². The second kappa shape index (κ2) is 6.30. The van der Waals surface area contributed by atoms with Crippen molar-refractivity contribution in [3.63, 3.8) is 0 Å². The van der Waals surface area contributed by atoms with E-state index in [-0.39, 0.29) is 24.0 Å². The van der Waals surface area contributed by atoms with Gasteiger partial charge in [0.15, 0.2) is 0 Å². The first kappa shape index (κ1) is 13.5. The molecule has 2 N–H and O–H groups in total. The molecule has 3 unspecified atom stereocenters. The minimum absolute atomic E-state index is 0.0102. The summed E-state index contributed by atoms with van der Waals surface area (Å²) in [6.45, 7) is 2.04. The Labute approximate surface area is 108 Å². The molecule has 1 aromatic carbocycles. The van der Waals surface area contributed by atoms with E-state index in [0.29, 0.717) is 5.56 Å². The van der Waals surface area contributed by atoms with Crippen molar-refractivity contribution in [3.05, 3.63) is 35.6 Å². The minimum Gasteiger partial charge on any atom is -0.392 e. The fourth-order valence-corrected chi connectivity index (χ4v) is 2.75. The molecule has 0 amide bonds. The first-order valence-electron chi connectivity index (χ1n) is 6.91. The number of hydrogen-bond acceptors (Lipinski definition) is 2. The molecule has 0 aromatic heterocycles. The van der Waals surface area contributed by atoms with Crippen LogP contribution in [-0.4, -0.2) is 17.3 Å². The SMILES string of the molecule is CCC(NC1CCCCC1O)c1ccccc1F. The number of aliphatic hydroxyl groups excluding tert-OH is 1. The van der Waals surface area contributed by atoms with Crippen LogP contribution in [0.1, 0.15) is 50.6 Å². The zero-order chi connectivity index (χ0) is 13.0. The fourth-order valence-electron chi connectivity index (χ4n) is 2.75. The lowest BCUT2D eigenvalue weighted by atomic mass is 9.91. The molecule has 18 heavy (non-hydrogen) atoms. The van der Waals surface area contributed by atoms with Crippen LogP contribution in [0.2, 0.25) is 0 Å². The zero-order valence-corrected chi connectivity index (χ0v) is 10.9. The maximum Gasteiger partial charge on any atom is 0.127 e. The van der Waals surface area contributed by atoms with Gasteiger partial charge in [0.25, 0.3) is 0 Å². The molecule has 3 atom stereocenters. The Hall–Kier alpha value is -0.930. The highest BCUT2D eigenvalue weighted by molar-refractivity contribution is 5.21. The van der Waals surface area contributed by atoms with E-state index in [1.54, 1.807) is 6.07 Å². The Morgan fingerprint density at radius 3 is 2.72 bits per heavy atom. The highest BCUT2D eigenvalue weighted by Gasteiger charge is 2.26. The summed E-state index contributed by atoms with van der Waals surface area (Å²) in [5, 5.41) is 13.4. The van der Waals surface area contributed by atoms with E-state index in [4.69, 9.17) is 0 Å². The summed E-state index contributed by atoms with van der Waals surface area (Å²) in [4.78, 5) is 0. The van der Waals surface area contributed by atoms with Gasteiger partial charge in [-0.25, -0.2) is 4.39 Å². The van der Waals surface area contributed by atoms with Gasteiger partial charge in [-0.05, 0) is 25.3 Å². The lowest BCUT2D eigenvalue weighted by Gasteiger charge is -2.32. The monoisotopic (exact) mass is 251 g/mol. The third kappa shape index (κ3) is 3.09. The largest absolute Gasteiger partial charge is 0.392 e. The van der Waals surface area contributed by atoms with Crippen molar-refractivity contribution in [2.75, 3.05) is 0 Å². The average Bonchev–Trinajstić information content (AvgIpc) is 2.39. The Kier molecular flexibility index (Phi) is 4.72. The molecule has 1 aliphatic rings. The lowest BCUT2D eigenvalue weighted by Crippen LogP contribution is -2.43. The van der Waals surface area contributed by atoms with Crippen molar-refractivity contribution in [2.45, 2.75) is 57.2 Å². The molecule has 1 aromatic rings. The van der Waals surface area contributed by atoms with Crippen LogP contribution in [-0.2, 0) is 0 Å². The standard InChI is InChI=1S/C15H22FNO/c1-2-13(11-7-3-4-8-12(11)16)17-14-9-5-6-10-15(14)18/h3-4,7-8,13-15,17-18H,2,5-6,9-10H2,1H3. The molecule has 1 fully saturated rings. The zero-order valence-electron chi connectivity index (χ0n) is 10.9. The van der Waals surface area contributed by atoms with Crippen LogP contribution >= 0.6 is 0 Å². The number of benzene rings is 1. The van der Waals surface area contributed by atoms with Gasteiger partial charge in [-0.15, -0.1) is 0 Å². The van der Waals surface area contributed by atoms with Crippen LogP contribution < -0.4 is 5.32 Å². The van der Waals surface area contributed by atoms with Gasteiger partial charge in [0.1, 0.15) is 5.82 Å². The number of halogens is 1. The van der Waals surface area contributed by atoms with Gasteiger partial charge in [-0.3, -0.25) is 0 Å². The van der Waals surface area contributed by atoms with Gasteiger partial charge in [0.2, 0.25) is 0 Å². The molecule has 3 heteroatoms. The van der Waals surface area contributed by atoms with Crippen molar-refractivity contribution in [1.29, 1.82) is 0 Å².